The molecule has 2 aliphatic heterocycles. The molecule has 6 nitrogen and oxygen atoms in total. The van der Waals surface area contributed by atoms with Crippen molar-refractivity contribution < 1.29 is 17.9 Å². The first-order chi connectivity index (χ1) is 11.8. The Balaban J connectivity index is 1.88. The zero-order valence-electron chi connectivity index (χ0n) is 13.1. The number of amides is 1. The van der Waals surface area contributed by atoms with E-state index in [4.69, 9.17) is 16.3 Å². The first-order valence-corrected chi connectivity index (χ1v) is 9.68. The first-order valence-electron chi connectivity index (χ1n) is 7.41. The van der Waals surface area contributed by atoms with Gasteiger partial charge in [0.15, 0.2) is 0 Å². The molecule has 4 rings (SSSR count). The molecule has 2 aromatic carbocycles. The largest absolute Gasteiger partial charge is 0.487 e. The van der Waals surface area contributed by atoms with E-state index < -0.39 is 10.0 Å². The summed E-state index contributed by atoms with van der Waals surface area (Å²) in [6.45, 7) is 0.316. The minimum atomic E-state index is -3.40. The monoisotopic (exact) mass is 376 g/mol. The zero-order chi connectivity index (χ0) is 17.8. The van der Waals surface area contributed by atoms with Crippen molar-refractivity contribution in [1.82, 2.24) is 0 Å². The molecule has 0 radical (unpaired) electrons. The van der Waals surface area contributed by atoms with Crippen LogP contribution in [-0.4, -0.2) is 20.6 Å². The van der Waals surface area contributed by atoms with Crippen molar-refractivity contribution in [3.05, 3.63) is 58.1 Å². The molecule has 0 aromatic heterocycles. The summed E-state index contributed by atoms with van der Waals surface area (Å²) in [6, 6.07) is 10.3. The quantitative estimate of drug-likeness (QED) is 0.789. The molecular formula is C17H13ClN2O4S. The lowest BCUT2D eigenvalue weighted by atomic mass is 10.0. The van der Waals surface area contributed by atoms with Gasteiger partial charge in [-0.1, -0.05) is 17.7 Å². The molecule has 2 N–H and O–H groups in total. The van der Waals surface area contributed by atoms with Gasteiger partial charge in [0.2, 0.25) is 10.0 Å². The minimum Gasteiger partial charge on any atom is -0.487 e. The summed E-state index contributed by atoms with van der Waals surface area (Å²) < 4.78 is 31.1. The van der Waals surface area contributed by atoms with Crippen LogP contribution < -0.4 is 10.0 Å². The highest BCUT2D eigenvalue weighted by Gasteiger charge is 2.32. The predicted octanol–water partition coefficient (Wildman–Crippen LogP) is 3.06. The Kier molecular flexibility index (Phi) is 3.52. The molecule has 0 atom stereocenters. The van der Waals surface area contributed by atoms with Crippen molar-refractivity contribution in [1.29, 1.82) is 0 Å². The average molecular weight is 377 g/mol. The van der Waals surface area contributed by atoms with Crippen LogP contribution in [0.2, 0.25) is 5.02 Å². The van der Waals surface area contributed by atoms with Crippen LogP contribution in [0.1, 0.15) is 16.7 Å². The molecule has 2 aliphatic rings. The van der Waals surface area contributed by atoms with E-state index in [0.717, 1.165) is 11.8 Å². The van der Waals surface area contributed by atoms with Crippen LogP contribution in [0.3, 0.4) is 0 Å². The van der Waals surface area contributed by atoms with Gasteiger partial charge in [0, 0.05) is 33.1 Å². The van der Waals surface area contributed by atoms with Gasteiger partial charge in [-0.2, -0.15) is 0 Å². The number of benzene rings is 2. The van der Waals surface area contributed by atoms with Gasteiger partial charge >= 0.3 is 0 Å². The van der Waals surface area contributed by atoms with Crippen molar-refractivity contribution in [2.24, 2.45) is 0 Å². The Morgan fingerprint density at radius 1 is 1.16 bits per heavy atom. The molecule has 128 valence electrons. The number of halogens is 1. The smallest absolute Gasteiger partial charge is 0.260 e. The van der Waals surface area contributed by atoms with E-state index in [-0.39, 0.29) is 5.91 Å². The van der Waals surface area contributed by atoms with Gasteiger partial charge in [0.1, 0.15) is 12.4 Å². The van der Waals surface area contributed by atoms with Gasteiger partial charge < -0.3 is 10.1 Å². The van der Waals surface area contributed by atoms with E-state index in [1.165, 1.54) is 0 Å². The van der Waals surface area contributed by atoms with Crippen molar-refractivity contribution in [2.75, 3.05) is 16.3 Å². The summed E-state index contributed by atoms with van der Waals surface area (Å²) in [5.41, 5.74) is 3.71. The van der Waals surface area contributed by atoms with Gasteiger partial charge in [-0.15, -0.1) is 0 Å². The molecule has 25 heavy (non-hydrogen) atoms. The molecule has 0 saturated carbocycles. The molecule has 8 heteroatoms. The van der Waals surface area contributed by atoms with Crippen molar-refractivity contribution in [2.45, 2.75) is 6.61 Å². The lowest BCUT2D eigenvalue weighted by Gasteiger charge is -2.08. The number of nitrogens with one attached hydrogen (secondary N) is 2. The van der Waals surface area contributed by atoms with Crippen LogP contribution in [0, 0.1) is 0 Å². The number of ether oxygens (including phenoxy) is 1. The molecule has 2 aromatic rings. The Morgan fingerprint density at radius 3 is 2.72 bits per heavy atom. The summed E-state index contributed by atoms with van der Waals surface area (Å²) in [7, 11) is -3.40. The third-order valence-electron chi connectivity index (χ3n) is 3.98. The highest BCUT2D eigenvalue weighted by molar-refractivity contribution is 7.92. The van der Waals surface area contributed by atoms with Gasteiger partial charge in [-0.25, -0.2) is 8.42 Å². The fourth-order valence-corrected chi connectivity index (χ4v) is 3.72. The zero-order valence-corrected chi connectivity index (χ0v) is 14.7. The average Bonchev–Trinajstić information content (AvgIpc) is 3.05. The Labute approximate surface area is 149 Å². The number of rotatable bonds is 2. The van der Waals surface area contributed by atoms with E-state index in [9.17, 15) is 13.2 Å². The fourth-order valence-electron chi connectivity index (χ4n) is 2.99. The molecule has 1 amide bonds. The van der Waals surface area contributed by atoms with Crippen LogP contribution in [-0.2, 0) is 26.2 Å². The van der Waals surface area contributed by atoms with Crippen molar-refractivity contribution in [3.8, 4) is 0 Å². The van der Waals surface area contributed by atoms with Gasteiger partial charge in [0.25, 0.3) is 5.91 Å². The SMILES string of the molecule is CS(=O)(=O)Nc1ccc2c(c1)C(=C1C(=O)Nc3ccc(Cl)cc31)OC2. The Bertz CT molecular complexity index is 1060. The highest BCUT2D eigenvalue weighted by Crippen LogP contribution is 2.42. The maximum atomic E-state index is 12.4. The van der Waals surface area contributed by atoms with E-state index >= 15 is 0 Å². The molecule has 0 unspecified atom stereocenters. The normalized spacial score (nSPS) is 18.4. The highest BCUT2D eigenvalue weighted by atomic mass is 35.5. The number of sulfonamides is 1. The third-order valence-corrected chi connectivity index (χ3v) is 4.82. The van der Waals surface area contributed by atoms with E-state index in [1.807, 2.05) is 0 Å². The molecular weight excluding hydrogens is 364 g/mol. The maximum Gasteiger partial charge on any atom is 0.260 e. The second kappa shape index (κ2) is 5.50. The molecule has 0 spiro atoms. The van der Waals surface area contributed by atoms with E-state index in [0.29, 0.717) is 45.5 Å². The van der Waals surface area contributed by atoms with Crippen LogP contribution >= 0.6 is 11.6 Å². The van der Waals surface area contributed by atoms with Gasteiger partial charge in [-0.05, 0) is 30.3 Å². The van der Waals surface area contributed by atoms with E-state index in [2.05, 4.69) is 10.0 Å². The second-order valence-corrected chi connectivity index (χ2v) is 8.07. The summed E-state index contributed by atoms with van der Waals surface area (Å²) in [5, 5.41) is 3.30. The first kappa shape index (κ1) is 16.0. The van der Waals surface area contributed by atoms with Crippen LogP contribution in [0.15, 0.2) is 36.4 Å². The molecule has 0 saturated heterocycles. The number of fused-ring (bicyclic) bond motifs is 2. The third kappa shape index (κ3) is 2.85. The number of carbonyl (C=O) groups excluding carboxylic acids is 1. The summed E-state index contributed by atoms with van der Waals surface area (Å²) >= 11 is 6.06. The molecule has 0 bridgehead atoms. The number of anilines is 2. The fraction of sp³-hybridized carbons (Fsp3) is 0.118. The van der Waals surface area contributed by atoms with Crippen LogP contribution in [0.4, 0.5) is 11.4 Å². The molecule has 0 fully saturated rings. The lowest BCUT2D eigenvalue weighted by Crippen LogP contribution is -2.10. The number of hydrogen-bond acceptors (Lipinski definition) is 4. The van der Waals surface area contributed by atoms with Crippen LogP contribution in [0.5, 0.6) is 0 Å². The van der Waals surface area contributed by atoms with Crippen molar-refractivity contribution in [3.63, 3.8) is 0 Å². The summed E-state index contributed by atoms with van der Waals surface area (Å²) in [6.07, 6.45) is 1.08. The van der Waals surface area contributed by atoms with Gasteiger partial charge in [0.05, 0.1) is 11.8 Å². The van der Waals surface area contributed by atoms with Crippen LogP contribution in [0.25, 0.3) is 11.3 Å². The maximum absolute atomic E-state index is 12.4. The predicted molar refractivity (Wildman–Crippen MR) is 96.6 cm³/mol. The Morgan fingerprint density at radius 2 is 1.96 bits per heavy atom. The number of carbonyl (C=O) groups is 1. The second-order valence-electron chi connectivity index (χ2n) is 5.88. The van der Waals surface area contributed by atoms with Gasteiger partial charge in [-0.3, -0.25) is 9.52 Å². The standard InChI is InChI=1S/C17H13ClN2O4S/c1-25(22,23)20-11-4-2-9-8-24-16(12(9)7-11)15-13-6-10(18)3-5-14(13)19-17(15)21/h2-7,20H,8H2,1H3,(H,19,21). The lowest BCUT2D eigenvalue weighted by molar-refractivity contribution is -0.110. The minimum absolute atomic E-state index is 0.276. The summed E-state index contributed by atoms with van der Waals surface area (Å²) in [5.74, 6) is 0.146. The topological polar surface area (TPSA) is 84.5 Å². The Hall–Kier alpha value is -2.51. The molecule has 2 heterocycles. The number of hydrogen-bond donors (Lipinski definition) is 2. The molecule has 0 aliphatic carbocycles. The van der Waals surface area contributed by atoms with E-state index in [1.54, 1.807) is 36.4 Å². The van der Waals surface area contributed by atoms with Crippen molar-refractivity contribution >= 4 is 50.2 Å². The summed E-state index contributed by atoms with van der Waals surface area (Å²) in [4.78, 5) is 12.4.